The Morgan fingerprint density at radius 1 is 1.13 bits per heavy atom. The molecule has 1 fully saturated rings. The van der Waals surface area contributed by atoms with Crippen LogP contribution in [-0.2, 0) is 0 Å². The molecule has 3 aromatic rings. The number of carboxylic acids is 1. The molecule has 2 atom stereocenters. The smallest absolute Gasteiger partial charge is 0.341 e. The van der Waals surface area contributed by atoms with Crippen molar-refractivity contribution in [3.63, 3.8) is 0 Å². The standard InChI is InChI=1S/C23H24FN3O3/c1-13-6-4-5-7-19(13)27-12-17(23(29)30)22(28)16-8-18(24)21(9-20(16)27)26-10-14(2)25-15(3)11-26/h4-9,12,14-15,25H,10-11H2,1-3H3,(H,29,30). The van der Waals surface area contributed by atoms with Gasteiger partial charge in [-0.05, 0) is 44.5 Å². The van der Waals surface area contributed by atoms with Crippen molar-refractivity contribution in [1.29, 1.82) is 0 Å². The molecular weight excluding hydrogens is 385 g/mol. The van der Waals surface area contributed by atoms with Crippen LogP contribution in [0.4, 0.5) is 10.1 Å². The van der Waals surface area contributed by atoms with Crippen LogP contribution >= 0.6 is 0 Å². The maximum Gasteiger partial charge on any atom is 0.341 e. The first-order valence-corrected chi connectivity index (χ1v) is 9.95. The highest BCUT2D eigenvalue weighted by molar-refractivity contribution is 5.94. The normalized spacial score (nSPS) is 19.3. The molecule has 2 heterocycles. The van der Waals surface area contributed by atoms with E-state index in [1.165, 1.54) is 12.3 Å². The van der Waals surface area contributed by atoms with Crippen molar-refractivity contribution >= 4 is 22.6 Å². The largest absolute Gasteiger partial charge is 0.477 e. The van der Waals surface area contributed by atoms with Crippen molar-refractivity contribution in [1.82, 2.24) is 9.88 Å². The molecule has 1 aromatic heterocycles. The first-order chi connectivity index (χ1) is 14.3. The summed E-state index contributed by atoms with van der Waals surface area (Å²) in [5, 5.41) is 13.0. The Balaban J connectivity index is 2.02. The number of rotatable bonds is 3. The number of aromatic nitrogens is 1. The van der Waals surface area contributed by atoms with E-state index in [2.05, 4.69) is 5.32 Å². The lowest BCUT2D eigenvalue weighted by Crippen LogP contribution is -2.54. The van der Waals surface area contributed by atoms with E-state index in [4.69, 9.17) is 0 Å². The summed E-state index contributed by atoms with van der Waals surface area (Å²) < 4.78 is 16.8. The first kappa shape index (κ1) is 20.1. The van der Waals surface area contributed by atoms with Crippen molar-refractivity contribution in [3.8, 4) is 5.69 Å². The van der Waals surface area contributed by atoms with Gasteiger partial charge in [-0.25, -0.2) is 9.18 Å². The molecule has 2 aromatic carbocycles. The zero-order valence-corrected chi connectivity index (χ0v) is 17.1. The van der Waals surface area contributed by atoms with Crippen molar-refractivity contribution < 1.29 is 14.3 Å². The van der Waals surface area contributed by atoms with Crippen LogP contribution in [0.1, 0.15) is 29.8 Å². The van der Waals surface area contributed by atoms with Gasteiger partial charge in [0.05, 0.1) is 11.2 Å². The van der Waals surface area contributed by atoms with Crippen LogP contribution in [0, 0.1) is 12.7 Å². The molecule has 7 heteroatoms. The summed E-state index contributed by atoms with van der Waals surface area (Å²) in [6.45, 7) is 7.26. The minimum Gasteiger partial charge on any atom is -0.477 e. The molecule has 0 amide bonds. The monoisotopic (exact) mass is 409 g/mol. The average Bonchev–Trinajstić information content (AvgIpc) is 2.68. The van der Waals surface area contributed by atoms with Crippen LogP contribution in [0.5, 0.6) is 0 Å². The fourth-order valence-corrected chi connectivity index (χ4v) is 4.29. The highest BCUT2D eigenvalue weighted by Gasteiger charge is 2.25. The molecule has 4 rings (SSSR count). The maximum absolute atomic E-state index is 15.1. The number of para-hydroxylation sites is 1. The Morgan fingerprint density at radius 3 is 2.43 bits per heavy atom. The fraction of sp³-hybridized carbons (Fsp3) is 0.304. The summed E-state index contributed by atoms with van der Waals surface area (Å²) in [5.41, 5.74) is 1.47. The number of carbonyl (C=O) groups is 1. The van der Waals surface area contributed by atoms with Gasteiger partial charge >= 0.3 is 5.97 Å². The van der Waals surface area contributed by atoms with Crippen LogP contribution in [0.2, 0.25) is 0 Å². The second-order valence-electron chi connectivity index (χ2n) is 8.03. The number of aromatic carboxylic acids is 1. The molecule has 156 valence electrons. The third-order valence-electron chi connectivity index (χ3n) is 5.58. The quantitative estimate of drug-likeness (QED) is 0.694. The fourth-order valence-electron chi connectivity index (χ4n) is 4.29. The van der Waals surface area contributed by atoms with Crippen LogP contribution in [0.25, 0.3) is 16.6 Å². The topological polar surface area (TPSA) is 74.6 Å². The van der Waals surface area contributed by atoms with E-state index >= 15 is 4.39 Å². The summed E-state index contributed by atoms with van der Waals surface area (Å²) in [4.78, 5) is 26.5. The second-order valence-corrected chi connectivity index (χ2v) is 8.03. The number of nitrogens with zero attached hydrogens (tertiary/aromatic N) is 2. The van der Waals surface area contributed by atoms with Gasteiger partial charge in [-0.2, -0.15) is 0 Å². The molecule has 1 saturated heterocycles. The van der Waals surface area contributed by atoms with Gasteiger partial charge in [0.2, 0.25) is 5.43 Å². The SMILES string of the molecule is Cc1ccccc1-n1cc(C(=O)O)c(=O)c2cc(F)c(N3CC(C)NC(C)C3)cc21. The van der Waals surface area contributed by atoms with E-state index in [0.717, 1.165) is 11.3 Å². The molecule has 0 radical (unpaired) electrons. The summed E-state index contributed by atoms with van der Waals surface area (Å²) in [7, 11) is 0. The molecule has 2 unspecified atom stereocenters. The number of hydrogen-bond acceptors (Lipinski definition) is 4. The molecular formula is C23H24FN3O3. The van der Waals surface area contributed by atoms with Gasteiger partial charge < -0.3 is 19.9 Å². The number of fused-ring (bicyclic) bond motifs is 1. The molecule has 6 nitrogen and oxygen atoms in total. The number of carboxylic acid groups (broad SMARTS) is 1. The Kier molecular flexibility index (Phi) is 5.07. The van der Waals surface area contributed by atoms with Crippen LogP contribution in [-0.4, -0.2) is 40.8 Å². The highest BCUT2D eigenvalue weighted by Crippen LogP contribution is 2.29. The van der Waals surface area contributed by atoms with Gasteiger partial charge in [-0.1, -0.05) is 18.2 Å². The zero-order valence-electron chi connectivity index (χ0n) is 17.1. The molecule has 0 saturated carbocycles. The third kappa shape index (κ3) is 3.45. The number of benzene rings is 2. The minimum absolute atomic E-state index is 0.0515. The van der Waals surface area contributed by atoms with Crippen molar-refractivity contribution in [2.45, 2.75) is 32.9 Å². The van der Waals surface area contributed by atoms with E-state index in [0.29, 0.717) is 24.3 Å². The Morgan fingerprint density at radius 2 is 1.80 bits per heavy atom. The lowest BCUT2D eigenvalue weighted by molar-refractivity contribution is 0.0695. The zero-order chi connectivity index (χ0) is 21.6. The van der Waals surface area contributed by atoms with Gasteiger partial charge in [0, 0.05) is 42.4 Å². The highest BCUT2D eigenvalue weighted by atomic mass is 19.1. The number of hydrogen-bond donors (Lipinski definition) is 2. The second kappa shape index (κ2) is 7.57. The summed E-state index contributed by atoms with van der Waals surface area (Å²) in [6.07, 6.45) is 1.33. The molecule has 2 N–H and O–H groups in total. The number of halogens is 1. The third-order valence-corrected chi connectivity index (χ3v) is 5.58. The number of pyridine rings is 1. The lowest BCUT2D eigenvalue weighted by atomic mass is 10.1. The Labute approximate surface area is 173 Å². The number of aryl methyl sites for hydroxylation is 1. The van der Waals surface area contributed by atoms with Crippen LogP contribution < -0.4 is 15.6 Å². The first-order valence-electron chi connectivity index (χ1n) is 9.95. The minimum atomic E-state index is -1.33. The van der Waals surface area contributed by atoms with E-state index in [-0.39, 0.29) is 23.0 Å². The van der Waals surface area contributed by atoms with Gasteiger partial charge in [0.1, 0.15) is 11.4 Å². The lowest BCUT2D eigenvalue weighted by Gasteiger charge is -2.38. The Bertz CT molecular complexity index is 1190. The Hall–Kier alpha value is -3.19. The number of piperazine rings is 1. The van der Waals surface area contributed by atoms with Gasteiger partial charge in [-0.3, -0.25) is 4.79 Å². The van der Waals surface area contributed by atoms with Crippen molar-refractivity contribution in [2.75, 3.05) is 18.0 Å². The molecule has 1 aliphatic heterocycles. The molecule has 30 heavy (non-hydrogen) atoms. The van der Waals surface area contributed by atoms with E-state index < -0.39 is 17.2 Å². The van der Waals surface area contributed by atoms with Gasteiger partial charge in [0.25, 0.3) is 0 Å². The summed E-state index contributed by atoms with van der Waals surface area (Å²) in [6, 6.07) is 10.7. The predicted octanol–water partition coefficient (Wildman–Crippen LogP) is 3.32. The van der Waals surface area contributed by atoms with Crippen LogP contribution in [0.3, 0.4) is 0 Å². The van der Waals surface area contributed by atoms with E-state index in [1.54, 1.807) is 10.6 Å². The molecule has 0 bridgehead atoms. The summed E-state index contributed by atoms with van der Waals surface area (Å²) in [5.74, 6) is -1.86. The van der Waals surface area contributed by atoms with Gasteiger partial charge in [0.15, 0.2) is 0 Å². The average molecular weight is 409 g/mol. The number of anilines is 1. The maximum atomic E-state index is 15.1. The molecule has 1 aliphatic rings. The predicted molar refractivity (Wildman–Crippen MR) is 115 cm³/mol. The van der Waals surface area contributed by atoms with Gasteiger partial charge in [-0.15, -0.1) is 0 Å². The molecule has 0 spiro atoms. The van der Waals surface area contributed by atoms with Crippen LogP contribution in [0.15, 0.2) is 47.4 Å². The van der Waals surface area contributed by atoms with Crippen molar-refractivity contribution in [2.24, 2.45) is 0 Å². The summed E-state index contributed by atoms with van der Waals surface area (Å²) >= 11 is 0. The molecule has 0 aliphatic carbocycles. The van der Waals surface area contributed by atoms with Crippen molar-refractivity contribution in [3.05, 3.63) is 69.8 Å². The van der Waals surface area contributed by atoms with E-state index in [1.807, 2.05) is 49.9 Å². The number of nitrogens with one attached hydrogen (secondary N) is 1. The van der Waals surface area contributed by atoms with E-state index in [9.17, 15) is 14.7 Å².